The first-order valence-corrected chi connectivity index (χ1v) is 6.77. The minimum absolute atomic E-state index is 0.0564. The van der Waals surface area contributed by atoms with E-state index in [9.17, 15) is 10.2 Å². The number of hydrogen-bond donors (Lipinski definition) is 2. The van der Waals surface area contributed by atoms with Gasteiger partial charge in [0.15, 0.2) is 0 Å². The predicted octanol–water partition coefficient (Wildman–Crippen LogP) is 2.94. The van der Waals surface area contributed by atoms with Crippen molar-refractivity contribution in [1.82, 2.24) is 4.98 Å². The van der Waals surface area contributed by atoms with Crippen LogP contribution in [0.3, 0.4) is 0 Å². The summed E-state index contributed by atoms with van der Waals surface area (Å²) in [5.41, 5.74) is 2.37. The summed E-state index contributed by atoms with van der Waals surface area (Å²) in [6, 6.07) is 7.70. The maximum absolute atomic E-state index is 9.98. The molecule has 0 fully saturated rings. The lowest BCUT2D eigenvalue weighted by molar-refractivity contribution is 0.280. The third-order valence-electron chi connectivity index (χ3n) is 2.68. The maximum Gasteiger partial charge on any atom is 0.145 e. The first kappa shape index (κ1) is 14.0. The minimum atomic E-state index is -0.186. The van der Waals surface area contributed by atoms with E-state index in [1.165, 1.54) is 0 Å². The molecule has 0 bridgehead atoms. The van der Waals surface area contributed by atoms with Gasteiger partial charge >= 0.3 is 0 Å². The summed E-state index contributed by atoms with van der Waals surface area (Å²) in [5, 5.41) is 19.2. The molecule has 0 spiro atoms. The maximum atomic E-state index is 9.98. The molecule has 1 aromatic heterocycles. The zero-order chi connectivity index (χ0) is 13.8. The van der Waals surface area contributed by atoms with Crippen molar-refractivity contribution in [3.8, 4) is 5.75 Å². The molecule has 19 heavy (non-hydrogen) atoms. The van der Waals surface area contributed by atoms with E-state index in [2.05, 4.69) is 32.6 Å². The van der Waals surface area contributed by atoms with Crippen molar-refractivity contribution in [2.45, 2.75) is 13.5 Å². The second kappa shape index (κ2) is 6.12. The highest BCUT2D eigenvalue weighted by Crippen LogP contribution is 2.23. The van der Waals surface area contributed by atoms with Crippen LogP contribution < -0.4 is 0 Å². The van der Waals surface area contributed by atoms with Crippen molar-refractivity contribution in [2.24, 2.45) is 4.99 Å². The van der Waals surface area contributed by atoms with E-state index in [1.54, 1.807) is 19.3 Å². The number of halogens is 1. The highest BCUT2D eigenvalue weighted by Gasteiger charge is 2.09. The molecule has 0 radical (unpaired) electrons. The summed E-state index contributed by atoms with van der Waals surface area (Å²) in [4.78, 5) is 8.33. The van der Waals surface area contributed by atoms with Gasteiger partial charge in [0.05, 0.1) is 18.0 Å². The number of aryl methyl sites for hydroxylation is 1. The van der Waals surface area contributed by atoms with Gasteiger partial charge < -0.3 is 10.2 Å². The van der Waals surface area contributed by atoms with Gasteiger partial charge in [-0.2, -0.15) is 0 Å². The highest BCUT2D eigenvalue weighted by molar-refractivity contribution is 14.1. The number of nitrogens with zero attached hydrogens (tertiary/aromatic N) is 2. The predicted molar refractivity (Wildman–Crippen MR) is 83.0 cm³/mol. The molecule has 5 heteroatoms. The monoisotopic (exact) mass is 368 g/mol. The van der Waals surface area contributed by atoms with E-state index >= 15 is 0 Å². The second-order valence-electron chi connectivity index (χ2n) is 4.03. The van der Waals surface area contributed by atoms with E-state index < -0.39 is 0 Å². The Hall–Kier alpha value is -1.47. The van der Waals surface area contributed by atoms with E-state index in [-0.39, 0.29) is 12.4 Å². The minimum Gasteiger partial charge on any atom is -0.505 e. The van der Waals surface area contributed by atoms with Crippen LogP contribution >= 0.6 is 22.6 Å². The van der Waals surface area contributed by atoms with Crippen molar-refractivity contribution in [2.75, 3.05) is 0 Å². The van der Waals surface area contributed by atoms with Crippen LogP contribution in [-0.2, 0) is 6.61 Å². The van der Waals surface area contributed by atoms with Crippen molar-refractivity contribution < 1.29 is 10.2 Å². The Kier molecular flexibility index (Phi) is 4.49. The molecule has 0 saturated heterocycles. The van der Waals surface area contributed by atoms with E-state index in [0.717, 1.165) is 9.26 Å². The normalized spacial score (nSPS) is 11.1. The van der Waals surface area contributed by atoms with Gasteiger partial charge in [0.2, 0.25) is 0 Å². The fraction of sp³-hybridized carbons (Fsp3) is 0.143. The topological polar surface area (TPSA) is 65.7 Å². The van der Waals surface area contributed by atoms with Crippen LogP contribution in [0.5, 0.6) is 5.75 Å². The van der Waals surface area contributed by atoms with Gasteiger partial charge in [-0.05, 0) is 47.7 Å². The number of pyridine rings is 1. The Balaban J connectivity index is 2.40. The summed E-state index contributed by atoms with van der Waals surface area (Å²) in [6.07, 6.45) is 3.10. The Labute approximate surface area is 125 Å². The number of aliphatic hydroxyl groups excluding tert-OH is 1. The number of benzene rings is 1. The molecule has 2 rings (SSSR count). The largest absolute Gasteiger partial charge is 0.505 e. The van der Waals surface area contributed by atoms with Crippen LogP contribution in [0.25, 0.3) is 0 Å². The number of rotatable bonds is 3. The summed E-state index contributed by atoms with van der Waals surface area (Å²) in [5.74, 6) is 0.0564. The first-order chi connectivity index (χ1) is 9.11. The average molecular weight is 368 g/mol. The van der Waals surface area contributed by atoms with Crippen molar-refractivity contribution in [3.05, 3.63) is 50.9 Å². The summed E-state index contributed by atoms with van der Waals surface area (Å²) in [6.45, 7) is 1.52. The van der Waals surface area contributed by atoms with Crippen LogP contribution in [-0.4, -0.2) is 21.4 Å². The fourth-order valence-corrected chi connectivity index (χ4v) is 2.14. The first-order valence-electron chi connectivity index (χ1n) is 5.69. The Morgan fingerprint density at radius 3 is 2.89 bits per heavy atom. The van der Waals surface area contributed by atoms with Crippen LogP contribution in [0.15, 0.2) is 35.5 Å². The zero-order valence-electron chi connectivity index (χ0n) is 10.3. The molecule has 0 aliphatic rings. The molecule has 0 unspecified atom stereocenters. The van der Waals surface area contributed by atoms with Crippen molar-refractivity contribution in [3.63, 3.8) is 0 Å². The standard InChI is InChI=1S/C14H13IN2O2/c1-9-14(19)13(10(8-18)6-16-9)7-17-12-4-2-3-11(15)5-12/h2-7,18-19H,8H2,1H3. The SMILES string of the molecule is Cc1ncc(CO)c(C=Nc2cccc(I)c2)c1O. The number of aromatic hydroxyl groups is 1. The third-order valence-corrected chi connectivity index (χ3v) is 3.35. The van der Waals surface area contributed by atoms with Gasteiger partial charge in [-0.15, -0.1) is 0 Å². The molecule has 0 amide bonds. The quantitative estimate of drug-likeness (QED) is 0.647. The summed E-state index contributed by atoms with van der Waals surface area (Å²) in [7, 11) is 0. The fourth-order valence-electron chi connectivity index (χ4n) is 1.62. The van der Waals surface area contributed by atoms with Gasteiger partial charge in [-0.25, -0.2) is 0 Å². The number of aliphatic imine (C=N–C) groups is 1. The zero-order valence-corrected chi connectivity index (χ0v) is 12.5. The van der Waals surface area contributed by atoms with Crippen LogP contribution in [0.4, 0.5) is 5.69 Å². The number of hydrogen-bond acceptors (Lipinski definition) is 4. The van der Waals surface area contributed by atoms with E-state index in [4.69, 9.17) is 0 Å². The van der Waals surface area contributed by atoms with Gasteiger partial charge in [-0.3, -0.25) is 9.98 Å². The van der Waals surface area contributed by atoms with Gasteiger partial charge in [0.1, 0.15) is 5.75 Å². The van der Waals surface area contributed by atoms with Crippen molar-refractivity contribution in [1.29, 1.82) is 0 Å². The molecule has 1 heterocycles. The van der Waals surface area contributed by atoms with E-state index in [0.29, 0.717) is 16.8 Å². The smallest absolute Gasteiger partial charge is 0.145 e. The summed E-state index contributed by atoms with van der Waals surface area (Å²) >= 11 is 2.21. The molecule has 0 atom stereocenters. The lowest BCUT2D eigenvalue weighted by atomic mass is 10.1. The number of aromatic nitrogens is 1. The van der Waals surface area contributed by atoms with Gasteiger partial charge in [-0.1, -0.05) is 6.07 Å². The molecule has 0 aliphatic heterocycles. The van der Waals surface area contributed by atoms with Crippen LogP contribution in [0.1, 0.15) is 16.8 Å². The average Bonchev–Trinajstić information content (AvgIpc) is 2.40. The van der Waals surface area contributed by atoms with Gasteiger partial charge in [0.25, 0.3) is 0 Å². The molecule has 0 saturated carbocycles. The Morgan fingerprint density at radius 1 is 1.42 bits per heavy atom. The molecule has 98 valence electrons. The molecule has 1 aromatic carbocycles. The molecular weight excluding hydrogens is 355 g/mol. The third kappa shape index (κ3) is 3.30. The Bertz CT molecular complexity index is 627. The van der Waals surface area contributed by atoms with Crippen molar-refractivity contribution >= 4 is 34.5 Å². The van der Waals surface area contributed by atoms with Crippen LogP contribution in [0.2, 0.25) is 0 Å². The molecule has 2 aromatic rings. The number of aliphatic hydroxyl groups is 1. The highest BCUT2D eigenvalue weighted by atomic mass is 127. The molecule has 4 nitrogen and oxygen atoms in total. The molecular formula is C14H13IN2O2. The molecule has 2 N–H and O–H groups in total. The second-order valence-corrected chi connectivity index (χ2v) is 5.27. The van der Waals surface area contributed by atoms with E-state index in [1.807, 2.05) is 24.3 Å². The van der Waals surface area contributed by atoms with Crippen LogP contribution in [0, 0.1) is 10.5 Å². The summed E-state index contributed by atoms with van der Waals surface area (Å²) < 4.78 is 1.09. The lowest BCUT2D eigenvalue weighted by Gasteiger charge is -2.06. The lowest BCUT2D eigenvalue weighted by Crippen LogP contribution is -1.97. The Morgan fingerprint density at radius 2 is 2.21 bits per heavy atom. The van der Waals surface area contributed by atoms with Gasteiger partial charge in [0, 0.05) is 27.1 Å². The molecule has 0 aliphatic carbocycles.